The highest BCUT2D eigenvalue weighted by molar-refractivity contribution is 6.01. The summed E-state index contributed by atoms with van der Waals surface area (Å²) in [6, 6.07) is 18.5. The number of benzene rings is 2. The minimum atomic E-state index is 0.805. The van der Waals surface area contributed by atoms with E-state index in [4.69, 9.17) is 0 Å². The average Bonchev–Trinajstić information content (AvgIpc) is 3.03. The summed E-state index contributed by atoms with van der Waals surface area (Å²) >= 11 is 0. The minimum Gasteiger partial charge on any atom is -0.345 e. The van der Waals surface area contributed by atoms with Crippen LogP contribution in [0.2, 0.25) is 0 Å². The fourth-order valence-corrected chi connectivity index (χ4v) is 2.68. The van der Waals surface area contributed by atoms with Gasteiger partial charge in [-0.2, -0.15) is 0 Å². The standard InChI is InChI=1S/C19H16N4/c1-13-7-9-15(10-8-13)23-19-17-16(14-5-3-2-4-6-14)11-20-18(17)21-12-22-19/h2-12H,1H3,(H2,20,21,22,23). The Bertz CT molecular complexity index is 940. The van der Waals surface area contributed by atoms with Crippen LogP contribution in [0.3, 0.4) is 0 Å². The van der Waals surface area contributed by atoms with Crippen molar-refractivity contribution in [3.05, 3.63) is 72.7 Å². The first-order chi connectivity index (χ1) is 11.3. The van der Waals surface area contributed by atoms with Crippen molar-refractivity contribution in [3.8, 4) is 11.1 Å². The van der Waals surface area contributed by atoms with Gasteiger partial charge in [-0.05, 0) is 24.6 Å². The molecule has 2 heterocycles. The molecule has 0 aliphatic carbocycles. The molecule has 4 aromatic rings. The van der Waals surface area contributed by atoms with Crippen LogP contribution in [0.4, 0.5) is 11.5 Å². The molecule has 0 bridgehead atoms. The van der Waals surface area contributed by atoms with E-state index in [9.17, 15) is 0 Å². The lowest BCUT2D eigenvalue weighted by atomic mass is 10.1. The maximum Gasteiger partial charge on any atom is 0.143 e. The van der Waals surface area contributed by atoms with Gasteiger partial charge < -0.3 is 10.3 Å². The number of hydrogen-bond donors (Lipinski definition) is 2. The van der Waals surface area contributed by atoms with Gasteiger partial charge in [0.05, 0.1) is 5.39 Å². The van der Waals surface area contributed by atoms with E-state index >= 15 is 0 Å². The molecule has 23 heavy (non-hydrogen) atoms. The van der Waals surface area contributed by atoms with Crippen LogP contribution in [0.5, 0.6) is 0 Å². The quantitative estimate of drug-likeness (QED) is 0.577. The number of aromatic amines is 1. The van der Waals surface area contributed by atoms with Crippen LogP contribution in [-0.4, -0.2) is 15.0 Å². The van der Waals surface area contributed by atoms with Gasteiger partial charge in [0.15, 0.2) is 0 Å². The topological polar surface area (TPSA) is 53.6 Å². The number of H-pyrrole nitrogens is 1. The summed E-state index contributed by atoms with van der Waals surface area (Å²) < 4.78 is 0. The van der Waals surface area contributed by atoms with Crippen molar-refractivity contribution in [3.63, 3.8) is 0 Å². The Hall–Kier alpha value is -3.14. The molecule has 0 atom stereocenters. The lowest BCUT2D eigenvalue weighted by Crippen LogP contribution is -1.95. The Morgan fingerprint density at radius 3 is 2.48 bits per heavy atom. The summed E-state index contributed by atoms with van der Waals surface area (Å²) in [4.78, 5) is 12.0. The van der Waals surface area contributed by atoms with Crippen molar-refractivity contribution in [2.24, 2.45) is 0 Å². The molecule has 0 fully saturated rings. The largest absolute Gasteiger partial charge is 0.345 e. The summed E-state index contributed by atoms with van der Waals surface area (Å²) in [6.07, 6.45) is 3.55. The first-order valence-corrected chi connectivity index (χ1v) is 7.52. The number of nitrogens with zero attached hydrogens (tertiary/aromatic N) is 2. The van der Waals surface area contributed by atoms with Crippen molar-refractivity contribution in [1.29, 1.82) is 0 Å². The Kier molecular flexibility index (Phi) is 3.27. The molecule has 4 heteroatoms. The SMILES string of the molecule is Cc1ccc(Nc2ncnc3[nH]cc(-c4ccccc4)c23)cc1. The van der Waals surface area contributed by atoms with Crippen LogP contribution >= 0.6 is 0 Å². The summed E-state index contributed by atoms with van der Waals surface area (Å²) in [5.74, 6) is 0.805. The molecule has 112 valence electrons. The predicted octanol–water partition coefficient (Wildman–Crippen LogP) is 4.68. The number of aryl methyl sites for hydroxylation is 1. The van der Waals surface area contributed by atoms with E-state index in [-0.39, 0.29) is 0 Å². The highest BCUT2D eigenvalue weighted by Crippen LogP contribution is 2.32. The average molecular weight is 300 g/mol. The van der Waals surface area contributed by atoms with Gasteiger partial charge in [-0.15, -0.1) is 0 Å². The first kappa shape index (κ1) is 13.5. The number of fused-ring (bicyclic) bond motifs is 1. The molecule has 0 saturated carbocycles. The molecule has 0 spiro atoms. The summed E-state index contributed by atoms with van der Waals surface area (Å²) in [6.45, 7) is 2.08. The number of hydrogen-bond acceptors (Lipinski definition) is 3. The van der Waals surface area contributed by atoms with Crippen molar-refractivity contribution in [2.75, 3.05) is 5.32 Å². The van der Waals surface area contributed by atoms with E-state index in [1.807, 2.05) is 24.4 Å². The third kappa shape index (κ3) is 2.55. The van der Waals surface area contributed by atoms with E-state index in [0.29, 0.717) is 0 Å². The fraction of sp³-hybridized carbons (Fsp3) is 0.0526. The Labute approximate surface area is 134 Å². The second kappa shape index (κ2) is 5.57. The highest BCUT2D eigenvalue weighted by atomic mass is 15.0. The third-order valence-electron chi connectivity index (χ3n) is 3.87. The van der Waals surface area contributed by atoms with Gasteiger partial charge in [0.1, 0.15) is 17.8 Å². The van der Waals surface area contributed by atoms with Crippen LogP contribution in [0, 0.1) is 6.92 Å². The number of anilines is 2. The van der Waals surface area contributed by atoms with E-state index in [0.717, 1.165) is 33.7 Å². The zero-order valence-corrected chi connectivity index (χ0v) is 12.7. The molecule has 0 aliphatic rings. The summed E-state index contributed by atoms with van der Waals surface area (Å²) in [5, 5.41) is 4.40. The van der Waals surface area contributed by atoms with Crippen molar-refractivity contribution >= 4 is 22.5 Å². The number of rotatable bonds is 3. The predicted molar refractivity (Wildman–Crippen MR) is 93.8 cm³/mol. The van der Waals surface area contributed by atoms with Gasteiger partial charge in [-0.25, -0.2) is 9.97 Å². The molecule has 0 aliphatic heterocycles. The van der Waals surface area contributed by atoms with Gasteiger partial charge in [-0.3, -0.25) is 0 Å². The number of nitrogens with one attached hydrogen (secondary N) is 2. The molecule has 0 unspecified atom stereocenters. The molecule has 0 radical (unpaired) electrons. The summed E-state index contributed by atoms with van der Waals surface area (Å²) in [5.41, 5.74) is 5.30. The Morgan fingerprint density at radius 1 is 0.913 bits per heavy atom. The lowest BCUT2D eigenvalue weighted by Gasteiger charge is -2.08. The van der Waals surface area contributed by atoms with Gasteiger partial charge in [0.25, 0.3) is 0 Å². The minimum absolute atomic E-state index is 0.805. The summed E-state index contributed by atoms with van der Waals surface area (Å²) in [7, 11) is 0. The van der Waals surface area contributed by atoms with Crippen molar-refractivity contribution in [1.82, 2.24) is 15.0 Å². The fourth-order valence-electron chi connectivity index (χ4n) is 2.68. The third-order valence-corrected chi connectivity index (χ3v) is 3.87. The maximum atomic E-state index is 4.44. The molecular formula is C19H16N4. The van der Waals surface area contributed by atoms with Gasteiger partial charge in [-0.1, -0.05) is 48.0 Å². The lowest BCUT2D eigenvalue weighted by molar-refractivity contribution is 1.20. The van der Waals surface area contributed by atoms with Gasteiger partial charge >= 0.3 is 0 Å². The van der Waals surface area contributed by atoms with Gasteiger partial charge in [0, 0.05) is 17.4 Å². The molecule has 2 aromatic heterocycles. The van der Waals surface area contributed by atoms with E-state index in [2.05, 4.69) is 63.6 Å². The van der Waals surface area contributed by atoms with Crippen molar-refractivity contribution in [2.45, 2.75) is 6.92 Å². The van der Waals surface area contributed by atoms with Crippen LogP contribution in [0.1, 0.15) is 5.56 Å². The molecule has 0 amide bonds. The zero-order valence-electron chi connectivity index (χ0n) is 12.7. The van der Waals surface area contributed by atoms with Crippen LogP contribution in [-0.2, 0) is 0 Å². The second-order valence-electron chi connectivity index (χ2n) is 5.51. The smallest absolute Gasteiger partial charge is 0.143 e. The van der Waals surface area contributed by atoms with Crippen LogP contribution in [0.25, 0.3) is 22.2 Å². The molecule has 2 aromatic carbocycles. The van der Waals surface area contributed by atoms with E-state index < -0.39 is 0 Å². The monoisotopic (exact) mass is 300 g/mol. The van der Waals surface area contributed by atoms with Gasteiger partial charge in [0.2, 0.25) is 0 Å². The van der Waals surface area contributed by atoms with Crippen LogP contribution in [0.15, 0.2) is 67.1 Å². The molecule has 0 saturated heterocycles. The number of aromatic nitrogens is 3. The molecule has 4 nitrogen and oxygen atoms in total. The molecule has 2 N–H and O–H groups in total. The molecule has 4 rings (SSSR count). The highest BCUT2D eigenvalue weighted by Gasteiger charge is 2.12. The maximum absolute atomic E-state index is 4.44. The molecular weight excluding hydrogens is 284 g/mol. The van der Waals surface area contributed by atoms with E-state index in [1.54, 1.807) is 6.33 Å². The zero-order chi connectivity index (χ0) is 15.6. The normalized spacial score (nSPS) is 10.8. The Morgan fingerprint density at radius 2 is 1.70 bits per heavy atom. The second-order valence-corrected chi connectivity index (χ2v) is 5.51. The first-order valence-electron chi connectivity index (χ1n) is 7.52. The van der Waals surface area contributed by atoms with Crippen molar-refractivity contribution < 1.29 is 0 Å². The Balaban J connectivity index is 1.83. The van der Waals surface area contributed by atoms with Crippen LogP contribution < -0.4 is 5.32 Å². The van der Waals surface area contributed by atoms with E-state index in [1.165, 1.54) is 5.56 Å².